The predicted molar refractivity (Wildman–Crippen MR) is 95.7 cm³/mol. The molecule has 2 aromatic heterocycles. The molecule has 0 aliphatic heterocycles. The number of halogens is 1. The summed E-state index contributed by atoms with van der Waals surface area (Å²) in [7, 11) is 0. The van der Waals surface area contributed by atoms with Crippen LogP contribution in [0.4, 0.5) is 17.5 Å². The van der Waals surface area contributed by atoms with Crippen LogP contribution in [0.15, 0.2) is 24.3 Å². The number of hydrogen-bond acceptors (Lipinski definition) is 7. The van der Waals surface area contributed by atoms with Crippen LogP contribution in [0.1, 0.15) is 13.8 Å². The molecule has 4 N–H and O–H groups in total. The highest BCUT2D eigenvalue weighted by atomic mass is 35.5. The van der Waals surface area contributed by atoms with E-state index in [-0.39, 0.29) is 6.04 Å². The summed E-state index contributed by atoms with van der Waals surface area (Å²) >= 11 is 5.93. The zero-order valence-electron chi connectivity index (χ0n) is 13.5. The first kappa shape index (κ1) is 16.4. The Kier molecular flexibility index (Phi) is 4.77. The Morgan fingerprint density at radius 2 is 2.00 bits per heavy atom. The number of nitrogens with zero attached hydrogens (tertiary/aromatic N) is 5. The molecule has 0 radical (unpaired) electrons. The molecule has 0 aliphatic rings. The molecule has 1 atom stereocenters. The van der Waals surface area contributed by atoms with Gasteiger partial charge in [-0.2, -0.15) is 9.97 Å². The Bertz CT molecular complexity index is 827. The number of hydrogen-bond donors (Lipinski definition) is 3. The molecule has 8 nitrogen and oxygen atoms in total. The second-order valence-electron chi connectivity index (χ2n) is 5.46. The summed E-state index contributed by atoms with van der Waals surface area (Å²) < 4.78 is 1.72. The quantitative estimate of drug-likeness (QED) is 0.629. The van der Waals surface area contributed by atoms with E-state index in [1.807, 2.05) is 26.0 Å². The van der Waals surface area contributed by atoms with E-state index in [1.165, 1.54) is 0 Å². The van der Waals surface area contributed by atoms with Gasteiger partial charge in [-0.1, -0.05) is 16.8 Å². The third-order valence-electron chi connectivity index (χ3n) is 3.35. The lowest BCUT2D eigenvalue weighted by Gasteiger charge is -2.11. The van der Waals surface area contributed by atoms with Crippen LogP contribution in [0.2, 0.25) is 5.02 Å². The van der Waals surface area contributed by atoms with Gasteiger partial charge < -0.3 is 16.4 Å². The molecule has 1 aromatic carbocycles. The van der Waals surface area contributed by atoms with Gasteiger partial charge in [-0.3, -0.25) is 0 Å². The monoisotopic (exact) mass is 346 g/mol. The summed E-state index contributed by atoms with van der Waals surface area (Å²) in [6.45, 7) is 5.13. The standard InChI is InChI=1S/C15H19ClN8/c1-3-24-14-12(22-23-24)13(19-11-6-4-10(16)5-7-11)20-15(21-14)18-8-9(2)17/h4-7,9H,3,8,17H2,1-2H3,(H2,18,19,20,21). The van der Waals surface area contributed by atoms with Crippen molar-refractivity contribution in [3.63, 3.8) is 0 Å². The fraction of sp³-hybridized carbons (Fsp3) is 0.333. The van der Waals surface area contributed by atoms with Gasteiger partial charge in [0.15, 0.2) is 17.0 Å². The summed E-state index contributed by atoms with van der Waals surface area (Å²) in [6.07, 6.45) is 0. The van der Waals surface area contributed by atoms with E-state index in [4.69, 9.17) is 17.3 Å². The van der Waals surface area contributed by atoms with E-state index in [2.05, 4.69) is 30.9 Å². The topological polar surface area (TPSA) is 107 Å². The first-order valence-electron chi connectivity index (χ1n) is 7.70. The predicted octanol–water partition coefficient (Wildman–Crippen LogP) is 2.40. The number of fused-ring (bicyclic) bond motifs is 1. The van der Waals surface area contributed by atoms with E-state index >= 15 is 0 Å². The highest BCUT2D eigenvalue weighted by Gasteiger charge is 2.14. The molecule has 3 aromatic rings. The van der Waals surface area contributed by atoms with Crippen LogP contribution in [-0.4, -0.2) is 37.5 Å². The molecular formula is C15H19ClN8. The van der Waals surface area contributed by atoms with Gasteiger partial charge in [0.2, 0.25) is 5.95 Å². The van der Waals surface area contributed by atoms with Crippen molar-refractivity contribution in [2.45, 2.75) is 26.4 Å². The van der Waals surface area contributed by atoms with E-state index in [9.17, 15) is 0 Å². The molecule has 0 spiro atoms. The van der Waals surface area contributed by atoms with Crippen LogP contribution in [0.25, 0.3) is 11.2 Å². The summed E-state index contributed by atoms with van der Waals surface area (Å²) in [4.78, 5) is 8.99. The molecule has 1 unspecified atom stereocenters. The number of rotatable bonds is 6. The van der Waals surface area contributed by atoms with Crippen LogP contribution in [0.3, 0.4) is 0 Å². The van der Waals surface area contributed by atoms with Crippen LogP contribution in [-0.2, 0) is 6.54 Å². The zero-order valence-corrected chi connectivity index (χ0v) is 14.2. The first-order valence-corrected chi connectivity index (χ1v) is 8.08. The number of benzene rings is 1. The lowest BCUT2D eigenvalue weighted by atomic mass is 10.3. The molecule has 0 fully saturated rings. The fourth-order valence-electron chi connectivity index (χ4n) is 2.16. The fourth-order valence-corrected chi connectivity index (χ4v) is 2.28. The third kappa shape index (κ3) is 3.55. The van der Waals surface area contributed by atoms with Gasteiger partial charge in [0.25, 0.3) is 0 Å². The molecule has 0 amide bonds. The van der Waals surface area contributed by atoms with Gasteiger partial charge in [0.05, 0.1) is 0 Å². The Balaban J connectivity index is 2.00. The maximum Gasteiger partial charge on any atom is 0.226 e. The van der Waals surface area contributed by atoms with E-state index in [1.54, 1.807) is 16.8 Å². The number of nitrogens with two attached hydrogens (primary N) is 1. The highest BCUT2D eigenvalue weighted by Crippen LogP contribution is 2.24. The normalized spacial score (nSPS) is 12.3. The van der Waals surface area contributed by atoms with Gasteiger partial charge in [0, 0.05) is 29.8 Å². The van der Waals surface area contributed by atoms with E-state index < -0.39 is 0 Å². The zero-order chi connectivity index (χ0) is 17.1. The molecule has 0 bridgehead atoms. The summed E-state index contributed by atoms with van der Waals surface area (Å²) in [6, 6.07) is 7.35. The molecular weight excluding hydrogens is 328 g/mol. The number of aryl methyl sites for hydroxylation is 1. The SMILES string of the molecule is CCn1nnc2c(Nc3ccc(Cl)cc3)nc(NCC(C)N)nc21. The Morgan fingerprint density at radius 3 is 2.67 bits per heavy atom. The van der Waals surface area contributed by atoms with Crippen molar-refractivity contribution >= 4 is 40.2 Å². The lowest BCUT2D eigenvalue weighted by Crippen LogP contribution is -2.26. The molecule has 0 saturated heterocycles. The van der Waals surface area contributed by atoms with Crippen LogP contribution >= 0.6 is 11.6 Å². The average molecular weight is 347 g/mol. The van der Waals surface area contributed by atoms with Crippen LogP contribution in [0, 0.1) is 0 Å². The second-order valence-corrected chi connectivity index (χ2v) is 5.90. The van der Waals surface area contributed by atoms with Crippen molar-refractivity contribution in [2.75, 3.05) is 17.2 Å². The first-order chi connectivity index (χ1) is 11.6. The van der Waals surface area contributed by atoms with Gasteiger partial charge in [-0.15, -0.1) is 5.10 Å². The van der Waals surface area contributed by atoms with Crippen LogP contribution < -0.4 is 16.4 Å². The highest BCUT2D eigenvalue weighted by molar-refractivity contribution is 6.30. The third-order valence-corrected chi connectivity index (χ3v) is 3.60. The van der Waals surface area contributed by atoms with Crippen molar-refractivity contribution in [3.05, 3.63) is 29.3 Å². The van der Waals surface area contributed by atoms with Gasteiger partial charge in [-0.25, -0.2) is 4.68 Å². The van der Waals surface area contributed by atoms with Gasteiger partial charge in [-0.05, 0) is 38.1 Å². The smallest absolute Gasteiger partial charge is 0.226 e. The number of anilines is 3. The van der Waals surface area contributed by atoms with Gasteiger partial charge >= 0.3 is 0 Å². The van der Waals surface area contributed by atoms with E-state index in [0.717, 1.165) is 5.69 Å². The minimum atomic E-state index is -0.00816. The molecule has 9 heteroatoms. The lowest BCUT2D eigenvalue weighted by molar-refractivity contribution is 0.641. The molecule has 3 rings (SSSR count). The average Bonchev–Trinajstić information content (AvgIpc) is 2.98. The largest absolute Gasteiger partial charge is 0.353 e. The maximum absolute atomic E-state index is 5.93. The Morgan fingerprint density at radius 1 is 1.25 bits per heavy atom. The van der Waals surface area contributed by atoms with E-state index in [0.29, 0.717) is 41.0 Å². The minimum Gasteiger partial charge on any atom is -0.353 e. The van der Waals surface area contributed by atoms with Crippen LogP contribution in [0.5, 0.6) is 0 Å². The molecule has 126 valence electrons. The van der Waals surface area contributed by atoms with Crippen molar-refractivity contribution < 1.29 is 0 Å². The molecule has 0 aliphatic carbocycles. The van der Waals surface area contributed by atoms with Crippen molar-refractivity contribution in [1.82, 2.24) is 25.0 Å². The molecule has 24 heavy (non-hydrogen) atoms. The van der Waals surface area contributed by atoms with Crippen molar-refractivity contribution in [2.24, 2.45) is 5.73 Å². The summed E-state index contributed by atoms with van der Waals surface area (Å²) in [5, 5.41) is 15.4. The number of nitrogens with one attached hydrogen (secondary N) is 2. The molecule has 2 heterocycles. The Hall–Kier alpha value is -2.45. The summed E-state index contributed by atoms with van der Waals surface area (Å²) in [5.41, 5.74) is 7.91. The van der Waals surface area contributed by atoms with Gasteiger partial charge in [0.1, 0.15) is 0 Å². The van der Waals surface area contributed by atoms with Crippen molar-refractivity contribution in [3.8, 4) is 0 Å². The molecule has 0 saturated carbocycles. The minimum absolute atomic E-state index is 0.00816. The number of aromatic nitrogens is 5. The summed E-state index contributed by atoms with van der Waals surface area (Å²) in [5.74, 6) is 1.06. The Labute approximate surface area is 144 Å². The maximum atomic E-state index is 5.93. The second kappa shape index (κ2) is 6.98. The van der Waals surface area contributed by atoms with Crippen molar-refractivity contribution in [1.29, 1.82) is 0 Å².